The van der Waals surface area contributed by atoms with Crippen LogP contribution in [0.2, 0.25) is 0 Å². The summed E-state index contributed by atoms with van der Waals surface area (Å²) in [7, 11) is 0. The Hall–Kier alpha value is -2.18. The number of carbonyl (C=O) groups is 1. The van der Waals surface area contributed by atoms with Crippen molar-refractivity contribution in [3.8, 4) is 0 Å². The molecule has 0 bridgehead atoms. The lowest BCUT2D eigenvalue weighted by atomic mass is 9.84. The maximum Gasteiger partial charge on any atom is 0.303 e. The average molecular weight is 295 g/mol. The summed E-state index contributed by atoms with van der Waals surface area (Å²) in [5.41, 5.74) is 0.604. The maximum atomic E-state index is 10.6. The molecule has 0 atom stereocenters. The molecule has 7 heteroatoms. The molecule has 1 rings (SSSR count). The highest BCUT2D eigenvalue weighted by atomic mass is 16.6. The van der Waals surface area contributed by atoms with Crippen LogP contribution in [0.25, 0.3) is 0 Å². The summed E-state index contributed by atoms with van der Waals surface area (Å²) in [5, 5.41) is 22.5. The van der Waals surface area contributed by atoms with Gasteiger partial charge < -0.3 is 10.4 Å². The summed E-state index contributed by atoms with van der Waals surface area (Å²) < 4.78 is 0. The van der Waals surface area contributed by atoms with Crippen LogP contribution in [-0.4, -0.2) is 27.5 Å². The Morgan fingerprint density at radius 2 is 2.14 bits per heavy atom. The van der Waals surface area contributed by atoms with Crippen LogP contribution in [0.15, 0.2) is 12.3 Å². The van der Waals surface area contributed by atoms with E-state index in [4.69, 9.17) is 5.11 Å². The van der Waals surface area contributed by atoms with Gasteiger partial charge in [-0.15, -0.1) is 0 Å². The van der Waals surface area contributed by atoms with Crippen LogP contribution in [0.1, 0.15) is 38.7 Å². The van der Waals surface area contributed by atoms with E-state index in [9.17, 15) is 14.9 Å². The van der Waals surface area contributed by atoms with Crippen molar-refractivity contribution in [1.29, 1.82) is 0 Å². The third kappa shape index (κ3) is 5.76. The highest BCUT2D eigenvalue weighted by Gasteiger charge is 2.19. The molecule has 1 aromatic heterocycles. The largest absolute Gasteiger partial charge is 0.481 e. The summed E-state index contributed by atoms with van der Waals surface area (Å²) in [6.07, 6.45) is 2.78. The fourth-order valence-corrected chi connectivity index (χ4v) is 1.93. The van der Waals surface area contributed by atoms with E-state index in [1.54, 1.807) is 6.92 Å². The Kier molecular flexibility index (Phi) is 5.63. The van der Waals surface area contributed by atoms with E-state index in [0.29, 0.717) is 24.3 Å². The fraction of sp³-hybridized carbons (Fsp3) is 0.571. The number of aliphatic carboxylic acids is 1. The van der Waals surface area contributed by atoms with Crippen molar-refractivity contribution in [3.05, 3.63) is 27.9 Å². The van der Waals surface area contributed by atoms with Gasteiger partial charge in [-0.1, -0.05) is 13.8 Å². The number of nitrogens with one attached hydrogen (secondary N) is 1. The van der Waals surface area contributed by atoms with E-state index in [1.807, 2.05) is 13.8 Å². The third-order valence-corrected chi connectivity index (χ3v) is 3.38. The van der Waals surface area contributed by atoms with E-state index in [1.165, 1.54) is 12.3 Å². The molecule has 0 saturated heterocycles. The van der Waals surface area contributed by atoms with E-state index < -0.39 is 10.9 Å². The predicted molar refractivity (Wildman–Crippen MR) is 79.4 cm³/mol. The van der Waals surface area contributed by atoms with Gasteiger partial charge in [0.25, 0.3) is 5.69 Å². The number of hydrogen-bond donors (Lipinski definition) is 2. The molecule has 0 aromatic carbocycles. The zero-order chi connectivity index (χ0) is 16.0. The van der Waals surface area contributed by atoms with Crippen molar-refractivity contribution in [1.82, 2.24) is 4.98 Å². The van der Waals surface area contributed by atoms with Gasteiger partial charge in [-0.3, -0.25) is 14.9 Å². The number of rotatable bonds is 8. The van der Waals surface area contributed by atoms with Crippen molar-refractivity contribution >= 4 is 17.5 Å². The smallest absolute Gasteiger partial charge is 0.303 e. The van der Waals surface area contributed by atoms with Gasteiger partial charge in [0.2, 0.25) is 0 Å². The summed E-state index contributed by atoms with van der Waals surface area (Å²) in [5.74, 6) is -0.168. The lowest BCUT2D eigenvalue weighted by Gasteiger charge is -2.24. The lowest BCUT2D eigenvalue weighted by molar-refractivity contribution is -0.385. The second kappa shape index (κ2) is 7.01. The number of nitrogens with zero attached hydrogens (tertiary/aromatic N) is 2. The van der Waals surface area contributed by atoms with Crippen LogP contribution in [0.5, 0.6) is 0 Å². The first kappa shape index (κ1) is 16.9. The number of nitro groups is 1. The molecule has 1 heterocycles. The minimum Gasteiger partial charge on any atom is -0.481 e. The minimum absolute atomic E-state index is 0.0279. The van der Waals surface area contributed by atoms with Crippen LogP contribution in [-0.2, 0) is 4.79 Å². The van der Waals surface area contributed by atoms with E-state index in [0.717, 1.165) is 6.42 Å². The van der Waals surface area contributed by atoms with Gasteiger partial charge in [0, 0.05) is 19.0 Å². The molecule has 0 unspecified atom stereocenters. The predicted octanol–water partition coefficient (Wildman–Crippen LogP) is 2.99. The first-order valence-electron chi connectivity index (χ1n) is 6.78. The number of anilines is 1. The zero-order valence-electron chi connectivity index (χ0n) is 12.5. The molecule has 0 aliphatic heterocycles. The first-order valence-corrected chi connectivity index (χ1v) is 6.78. The van der Waals surface area contributed by atoms with Crippen LogP contribution in [0, 0.1) is 22.5 Å². The SMILES string of the molecule is Cc1cc([N+](=O)[O-])cnc1NCCC(C)(C)CCC(=O)O. The van der Waals surface area contributed by atoms with E-state index >= 15 is 0 Å². The van der Waals surface area contributed by atoms with Crippen LogP contribution in [0.3, 0.4) is 0 Å². The van der Waals surface area contributed by atoms with Crippen LogP contribution < -0.4 is 5.32 Å². The standard InChI is InChI=1S/C14H21N3O4/c1-10-8-11(17(20)21)9-16-13(10)15-7-6-14(2,3)5-4-12(18)19/h8-9H,4-7H2,1-3H3,(H,15,16)(H,18,19). The zero-order valence-corrected chi connectivity index (χ0v) is 12.5. The lowest BCUT2D eigenvalue weighted by Crippen LogP contribution is -2.19. The highest BCUT2D eigenvalue weighted by molar-refractivity contribution is 5.66. The molecule has 7 nitrogen and oxygen atoms in total. The molecule has 0 aliphatic carbocycles. The fourth-order valence-electron chi connectivity index (χ4n) is 1.93. The van der Waals surface area contributed by atoms with Crippen molar-refractivity contribution in [3.63, 3.8) is 0 Å². The number of carboxylic acids is 1. The molecule has 0 fully saturated rings. The van der Waals surface area contributed by atoms with E-state index in [2.05, 4.69) is 10.3 Å². The van der Waals surface area contributed by atoms with Gasteiger partial charge in [-0.25, -0.2) is 4.98 Å². The second-order valence-electron chi connectivity index (χ2n) is 5.85. The Labute approximate surface area is 123 Å². The van der Waals surface area contributed by atoms with E-state index in [-0.39, 0.29) is 17.5 Å². The first-order chi connectivity index (χ1) is 9.71. The molecule has 0 aliphatic rings. The molecular weight excluding hydrogens is 274 g/mol. The summed E-state index contributed by atoms with van der Waals surface area (Å²) in [6.45, 7) is 6.44. The van der Waals surface area contributed by atoms with Gasteiger partial charge in [-0.05, 0) is 30.7 Å². The molecule has 0 spiro atoms. The molecule has 0 amide bonds. The monoisotopic (exact) mass is 295 g/mol. The number of hydrogen-bond acceptors (Lipinski definition) is 5. The minimum atomic E-state index is -0.788. The summed E-state index contributed by atoms with van der Waals surface area (Å²) in [4.78, 5) is 24.8. The molecule has 116 valence electrons. The van der Waals surface area contributed by atoms with Crippen molar-refractivity contribution in [2.24, 2.45) is 5.41 Å². The molecule has 1 aromatic rings. The Morgan fingerprint density at radius 1 is 1.48 bits per heavy atom. The Morgan fingerprint density at radius 3 is 2.67 bits per heavy atom. The topological polar surface area (TPSA) is 105 Å². The molecular formula is C14H21N3O4. The van der Waals surface area contributed by atoms with Crippen molar-refractivity contribution in [2.75, 3.05) is 11.9 Å². The maximum absolute atomic E-state index is 10.6. The number of aromatic nitrogens is 1. The second-order valence-corrected chi connectivity index (χ2v) is 5.85. The van der Waals surface area contributed by atoms with Gasteiger partial charge in [0.1, 0.15) is 12.0 Å². The average Bonchev–Trinajstić information content (AvgIpc) is 2.38. The number of carboxylic acid groups (broad SMARTS) is 1. The Balaban J connectivity index is 2.52. The number of aryl methyl sites for hydroxylation is 1. The Bertz CT molecular complexity index is 529. The van der Waals surface area contributed by atoms with Gasteiger partial charge in [-0.2, -0.15) is 0 Å². The molecule has 21 heavy (non-hydrogen) atoms. The highest BCUT2D eigenvalue weighted by Crippen LogP contribution is 2.27. The molecule has 2 N–H and O–H groups in total. The quantitative estimate of drug-likeness (QED) is 0.564. The normalized spacial score (nSPS) is 11.2. The van der Waals surface area contributed by atoms with Crippen LogP contribution >= 0.6 is 0 Å². The summed E-state index contributed by atoms with van der Waals surface area (Å²) >= 11 is 0. The van der Waals surface area contributed by atoms with Crippen molar-refractivity contribution < 1.29 is 14.8 Å². The molecule has 0 radical (unpaired) electrons. The van der Waals surface area contributed by atoms with Gasteiger partial charge in [0.05, 0.1) is 4.92 Å². The van der Waals surface area contributed by atoms with Gasteiger partial charge >= 0.3 is 5.97 Å². The number of pyridine rings is 1. The molecule has 0 saturated carbocycles. The van der Waals surface area contributed by atoms with Crippen LogP contribution in [0.4, 0.5) is 11.5 Å². The van der Waals surface area contributed by atoms with Gasteiger partial charge in [0.15, 0.2) is 0 Å². The third-order valence-electron chi connectivity index (χ3n) is 3.38. The van der Waals surface area contributed by atoms with Crippen molar-refractivity contribution in [2.45, 2.75) is 40.0 Å². The summed E-state index contributed by atoms with van der Waals surface area (Å²) in [6, 6.07) is 1.48.